The van der Waals surface area contributed by atoms with E-state index in [2.05, 4.69) is 31.4 Å². The lowest BCUT2D eigenvalue weighted by Gasteiger charge is -2.10. The van der Waals surface area contributed by atoms with Crippen LogP contribution in [0.15, 0.2) is 24.3 Å². The molecule has 4 heteroatoms. The molecular weight excluding hydrogens is 264 g/mol. The number of nitrogens with one attached hydrogen (secondary N) is 2. The van der Waals surface area contributed by atoms with Crippen molar-refractivity contribution in [3.63, 3.8) is 0 Å². The molecule has 1 aliphatic carbocycles. The molecule has 4 nitrogen and oxygen atoms in total. The number of anilines is 1. The molecule has 2 N–H and O–H groups in total. The molecule has 1 aromatic carbocycles. The van der Waals surface area contributed by atoms with E-state index in [-0.39, 0.29) is 23.7 Å². The third-order valence-corrected chi connectivity index (χ3v) is 3.80. The van der Waals surface area contributed by atoms with Crippen molar-refractivity contribution in [1.29, 1.82) is 0 Å². The molecule has 1 saturated carbocycles. The number of aryl methyl sites for hydroxylation is 1. The molecule has 0 radical (unpaired) electrons. The zero-order valence-corrected chi connectivity index (χ0v) is 13.0. The first-order chi connectivity index (χ1) is 10.0. The Morgan fingerprint density at radius 3 is 2.52 bits per heavy atom. The number of hydrogen-bond acceptors (Lipinski definition) is 2. The first-order valence-corrected chi connectivity index (χ1v) is 7.69. The summed E-state index contributed by atoms with van der Waals surface area (Å²) in [5.41, 5.74) is 1.98. The summed E-state index contributed by atoms with van der Waals surface area (Å²) >= 11 is 0. The SMILES string of the molecule is CCc1ccccc1NC(=O)C1CC1C(=O)NCC(C)C. The zero-order valence-electron chi connectivity index (χ0n) is 13.0. The highest BCUT2D eigenvalue weighted by atomic mass is 16.2. The molecule has 2 rings (SSSR count). The van der Waals surface area contributed by atoms with Crippen molar-refractivity contribution >= 4 is 17.5 Å². The minimum atomic E-state index is -0.179. The molecule has 0 heterocycles. The van der Waals surface area contributed by atoms with Crippen molar-refractivity contribution in [3.8, 4) is 0 Å². The maximum absolute atomic E-state index is 12.2. The monoisotopic (exact) mass is 288 g/mol. The molecule has 114 valence electrons. The summed E-state index contributed by atoms with van der Waals surface area (Å²) in [6, 6.07) is 7.80. The van der Waals surface area contributed by atoms with E-state index in [1.807, 2.05) is 24.3 Å². The molecule has 2 atom stereocenters. The van der Waals surface area contributed by atoms with Crippen molar-refractivity contribution in [1.82, 2.24) is 5.32 Å². The Labute approximate surface area is 126 Å². The van der Waals surface area contributed by atoms with Crippen molar-refractivity contribution in [3.05, 3.63) is 29.8 Å². The smallest absolute Gasteiger partial charge is 0.228 e. The quantitative estimate of drug-likeness (QED) is 0.845. The number of carbonyl (C=O) groups is 2. The average molecular weight is 288 g/mol. The second-order valence-corrected chi connectivity index (χ2v) is 6.09. The standard InChI is InChI=1S/C17H24N2O2/c1-4-12-7-5-6-8-15(12)19-17(21)14-9-13(14)16(20)18-10-11(2)3/h5-8,11,13-14H,4,9-10H2,1-3H3,(H,18,20)(H,19,21). The van der Waals surface area contributed by atoms with Crippen LogP contribution in [0, 0.1) is 17.8 Å². The molecule has 1 fully saturated rings. The van der Waals surface area contributed by atoms with Crippen molar-refractivity contribution in [2.24, 2.45) is 17.8 Å². The van der Waals surface area contributed by atoms with Crippen LogP contribution in [0.5, 0.6) is 0 Å². The summed E-state index contributed by atoms with van der Waals surface area (Å²) in [5.74, 6) is 0.0595. The Morgan fingerprint density at radius 2 is 1.86 bits per heavy atom. The maximum atomic E-state index is 12.2. The van der Waals surface area contributed by atoms with Gasteiger partial charge in [-0.05, 0) is 30.4 Å². The van der Waals surface area contributed by atoms with Crippen molar-refractivity contribution in [2.75, 3.05) is 11.9 Å². The van der Waals surface area contributed by atoms with Crippen LogP contribution >= 0.6 is 0 Å². The highest BCUT2D eigenvalue weighted by Gasteiger charge is 2.47. The highest BCUT2D eigenvalue weighted by molar-refractivity contribution is 5.99. The van der Waals surface area contributed by atoms with Crippen LogP contribution in [0.4, 0.5) is 5.69 Å². The lowest BCUT2D eigenvalue weighted by molar-refractivity contribution is -0.125. The Balaban J connectivity index is 1.87. The fraction of sp³-hybridized carbons (Fsp3) is 0.529. The number of hydrogen-bond donors (Lipinski definition) is 2. The van der Waals surface area contributed by atoms with E-state index in [9.17, 15) is 9.59 Å². The first kappa shape index (κ1) is 15.5. The fourth-order valence-corrected chi connectivity index (χ4v) is 2.39. The minimum Gasteiger partial charge on any atom is -0.356 e. The van der Waals surface area contributed by atoms with E-state index >= 15 is 0 Å². The summed E-state index contributed by atoms with van der Waals surface area (Å²) in [5, 5.41) is 5.85. The van der Waals surface area contributed by atoms with E-state index in [1.165, 1.54) is 0 Å². The van der Waals surface area contributed by atoms with E-state index < -0.39 is 0 Å². The second kappa shape index (κ2) is 6.74. The lowest BCUT2D eigenvalue weighted by Crippen LogP contribution is -2.30. The predicted octanol–water partition coefficient (Wildman–Crippen LogP) is 2.60. The largest absolute Gasteiger partial charge is 0.356 e. The van der Waals surface area contributed by atoms with Gasteiger partial charge in [-0.15, -0.1) is 0 Å². The molecule has 1 aromatic rings. The maximum Gasteiger partial charge on any atom is 0.228 e. The minimum absolute atomic E-state index is 0.00706. The number of benzene rings is 1. The first-order valence-electron chi connectivity index (χ1n) is 7.69. The van der Waals surface area contributed by atoms with Gasteiger partial charge in [0.25, 0.3) is 0 Å². The topological polar surface area (TPSA) is 58.2 Å². The van der Waals surface area contributed by atoms with Gasteiger partial charge in [0.15, 0.2) is 0 Å². The van der Waals surface area contributed by atoms with Gasteiger partial charge in [-0.2, -0.15) is 0 Å². The molecular formula is C17H24N2O2. The third kappa shape index (κ3) is 4.06. The molecule has 2 amide bonds. The third-order valence-electron chi connectivity index (χ3n) is 3.80. The molecule has 1 aliphatic rings. The number of amides is 2. The van der Waals surface area contributed by atoms with Crippen LogP contribution in [0.25, 0.3) is 0 Å². The van der Waals surface area contributed by atoms with E-state index in [0.29, 0.717) is 18.9 Å². The molecule has 0 spiro atoms. The lowest BCUT2D eigenvalue weighted by atomic mass is 10.1. The van der Waals surface area contributed by atoms with Crippen molar-refractivity contribution < 1.29 is 9.59 Å². The average Bonchev–Trinajstić information content (AvgIpc) is 3.26. The Morgan fingerprint density at radius 1 is 1.19 bits per heavy atom. The van der Waals surface area contributed by atoms with E-state index in [1.54, 1.807) is 0 Å². The van der Waals surface area contributed by atoms with E-state index in [0.717, 1.165) is 17.7 Å². The van der Waals surface area contributed by atoms with Crippen LogP contribution < -0.4 is 10.6 Å². The molecule has 0 aromatic heterocycles. The Bertz CT molecular complexity index is 525. The van der Waals surface area contributed by atoms with Gasteiger partial charge in [0.05, 0.1) is 11.8 Å². The molecule has 0 aliphatic heterocycles. The second-order valence-electron chi connectivity index (χ2n) is 6.09. The van der Waals surface area contributed by atoms with Crippen LogP contribution in [0.3, 0.4) is 0 Å². The summed E-state index contributed by atoms with van der Waals surface area (Å²) < 4.78 is 0. The fourth-order valence-electron chi connectivity index (χ4n) is 2.39. The van der Waals surface area contributed by atoms with Crippen LogP contribution in [0.2, 0.25) is 0 Å². The van der Waals surface area contributed by atoms with Gasteiger partial charge in [-0.25, -0.2) is 0 Å². The summed E-state index contributed by atoms with van der Waals surface area (Å²) in [6.07, 6.45) is 1.53. The van der Waals surface area contributed by atoms with Gasteiger partial charge in [0.2, 0.25) is 11.8 Å². The van der Waals surface area contributed by atoms with Gasteiger partial charge >= 0.3 is 0 Å². The number of carbonyl (C=O) groups excluding carboxylic acids is 2. The normalized spacial score (nSPS) is 20.2. The summed E-state index contributed by atoms with van der Waals surface area (Å²) in [7, 11) is 0. The van der Waals surface area contributed by atoms with Crippen LogP contribution in [-0.2, 0) is 16.0 Å². The predicted molar refractivity (Wildman–Crippen MR) is 83.9 cm³/mol. The molecule has 21 heavy (non-hydrogen) atoms. The van der Waals surface area contributed by atoms with Crippen LogP contribution in [0.1, 0.15) is 32.8 Å². The highest BCUT2D eigenvalue weighted by Crippen LogP contribution is 2.39. The van der Waals surface area contributed by atoms with Crippen molar-refractivity contribution in [2.45, 2.75) is 33.6 Å². The molecule has 0 saturated heterocycles. The van der Waals surface area contributed by atoms with Gasteiger partial charge < -0.3 is 10.6 Å². The summed E-state index contributed by atoms with van der Waals surface area (Å²) in [6.45, 7) is 6.84. The molecule has 2 unspecified atom stereocenters. The van der Waals surface area contributed by atoms with Gasteiger partial charge in [-0.1, -0.05) is 39.0 Å². The summed E-state index contributed by atoms with van der Waals surface area (Å²) in [4.78, 5) is 24.1. The molecule has 0 bridgehead atoms. The van der Waals surface area contributed by atoms with Gasteiger partial charge in [0, 0.05) is 12.2 Å². The Kier molecular flexibility index (Phi) is 4.99. The Hall–Kier alpha value is -1.84. The van der Waals surface area contributed by atoms with Gasteiger partial charge in [0.1, 0.15) is 0 Å². The van der Waals surface area contributed by atoms with Gasteiger partial charge in [-0.3, -0.25) is 9.59 Å². The van der Waals surface area contributed by atoms with E-state index in [4.69, 9.17) is 0 Å². The number of rotatable bonds is 6. The van der Waals surface area contributed by atoms with Crippen LogP contribution in [-0.4, -0.2) is 18.4 Å². The zero-order chi connectivity index (χ0) is 15.4. The number of para-hydroxylation sites is 1.